The zero-order chi connectivity index (χ0) is 22.2. The molecule has 31 heavy (non-hydrogen) atoms. The molecule has 1 amide bonds. The first kappa shape index (κ1) is 21.1. The van der Waals surface area contributed by atoms with Crippen LogP contribution in [-0.2, 0) is 12.7 Å². The van der Waals surface area contributed by atoms with Crippen molar-refractivity contribution in [2.24, 2.45) is 5.73 Å². The van der Waals surface area contributed by atoms with E-state index in [-0.39, 0.29) is 47.1 Å². The highest BCUT2D eigenvalue weighted by Crippen LogP contribution is 2.37. The number of oxazole rings is 1. The number of rotatable bonds is 5. The van der Waals surface area contributed by atoms with Crippen LogP contribution in [0.5, 0.6) is 5.75 Å². The minimum absolute atomic E-state index is 0.0132. The lowest BCUT2D eigenvalue weighted by Gasteiger charge is -2.11. The van der Waals surface area contributed by atoms with Crippen LogP contribution in [0.4, 0.5) is 13.2 Å². The molecule has 0 atom stereocenters. The Balaban J connectivity index is 1.78. The van der Waals surface area contributed by atoms with Gasteiger partial charge in [-0.1, -0.05) is 12.8 Å². The monoisotopic (exact) mass is 434 g/mol. The zero-order valence-electron chi connectivity index (χ0n) is 16.8. The fourth-order valence-electron chi connectivity index (χ4n) is 3.81. The van der Waals surface area contributed by atoms with Crippen LogP contribution in [-0.4, -0.2) is 29.0 Å². The van der Waals surface area contributed by atoms with Crippen LogP contribution in [0.25, 0.3) is 22.4 Å². The molecule has 1 aliphatic rings. The van der Waals surface area contributed by atoms with Gasteiger partial charge in [0, 0.05) is 17.0 Å². The number of amides is 1. The van der Waals surface area contributed by atoms with Crippen LogP contribution in [0.15, 0.2) is 28.7 Å². The van der Waals surface area contributed by atoms with Crippen molar-refractivity contribution < 1.29 is 27.1 Å². The lowest BCUT2D eigenvalue weighted by Crippen LogP contribution is -2.33. The Morgan fingerprint density at radius 3 is 2.61 bits per heavy atom. The Morgan fingerprint density at radius 1 is 1.23 bits per heavy atom. The maximum Gasteiger partial charge on any atom is 0.433 e. The van der Waals surface area contributed by atoms with E-state index < -0.39 is 11.9 Å². The van der Waals surface area contributed by atoms with Crippen molar-refractivity contribution in [1.82, 2.24) is 15.3 Å². The van der Waals surface area contributed by atoms with Gasteiger partial charge in [0.2, 0.25) is 5.89 Å². The highest BCUT2D eigenvalue weighted by atomic mass is 19.4. The third kappa shape index (κ3) is 4.07. The first-order chi connectivity index (χ1) is 14.8. The van der Waals surface area contributed by atoms with Crippen LogP contribution in [0.3, 0.4) is 0 Å². The number of alkyl halides is 3. The van der Waals surface area contributed by atoms with Crippen molar-refractivity contribution in [2.75, 3.05) is 7.11 Å². The van der Waals surface area contributed by atoms with E-state index in [1.165, 1.54) is 19.2 Å². The maximum absolute atomic E-state index is 13.1. The summed E-state index contributed by atoms with van der Waals surface area (Å²) in [5.41, 5.74) is 5.17. The average molecular weight is 434 g/mol. The molecule has 0 bridgehead atoms. The zero-order valence-corrected chi connectivity index (χ0v) is 16.8. The number of aromatic nitrogens is 2. The minimum atomic E-state index is -4.60. The molecule has 1 aromatic carbocycles. The first-order valence-electron chi connectivity index (χ1n) is 9.87. The highest BCUT2D eigenvalue weighted by molar-refractivity contribution is 5.98. The van der Waals surface area contributed by atoms with Crippen LogP contribution in [0, 0.1) is 0 Å². The second-order valence-electron chi connectivity index (χ2n) is 7.36. The average Bonchev–Trinajstić information content (AvgIpc) is 3.41. The summed E-state index contributed by atoms with van der Waals surface area (Å²) in [4.78, 5) is 20.8. The first-order valence-corrected chi connectivity index (χ1v) is 9.87. The molecule has 3 N–H and O–H groups in total. The molecule has 1 fully saturated rings. The van der Waals surface area contributed by atoms with Crippen molar-refractivity contribution in [1.29, 1.82) is 0 Å². The number of carbonyl (C=O) groups is 1. The molecule has 3 aromatic rings. The summed E-state index contributed by atoms with van der Waals surface area (Å²) >= 11 is 0. The largest absolute Gasteiger partial charge is 0.494 e. The molecule has 0 saturated heterocycles. The number of hydrogen-bond acceptors (Lipinski definition) is 6. The van der Waals surface area contributed by atoms with Gasteiger partial charge in [-0.15, -0.1) is 0 Å². The Labute approximate surface area is 175 Å². The SMILES string of the molecule is COc1ccc(-c2nc(C(=O)NC3CCCC3)c(CN)o2)c2ccc(C(F)(F)F)nc12. The van der Waals surface area contributed by atoms with Gasteiger partial charge in [-0.3, -0.25) is 4.79 Å². The van der Waals surface area contributed by atoms with E-state index in [1.807, 2.05) is 0 Å². The van der Waals surface area contributed by atoms with E-state index in [1.54, 1.807) is 6.07 Å². The van der Waals surface area contributed by atoms with Gasteiger partial charge in [0.25, 0.3) is 5.91 Å². The van der Waals surface area contributed by atoms with Crippen molar-refractivity contribution >= 4 is 16.8 Å². The quantitative estimate of drug-likeness (QED) is 0.628. The second kappa shape index (κ2) is 8.18. The summed E-state index contributed by atoms with van der Waals surface area (Å²) in [6.07, 6.45) is -0.668. The molecule has 1 aliphatic carbocycles. The number of nitrogens with two attached hydrogens (primary N) is 1. The van der Waals surface area contributed by atoms with Crippen molar-refractivity contribution in [3.05, 3.63) is 41.4 Å². The van der Waals surface area contributed by atoms with Gasteiger partial charge in [0.05, 0.1) is 13.7 Å². The van der Waals surface area contributed by atoms with Gasteiger partial charge in [-0.25, -0.2) is 9.97 Å². The van der Waals surface area contributed by atoms with Gasteiger partial charge in [0.15, 0.2) is 11.5 Å². The number of nitrogens with zero attached hydrogens (tertiary/aromatic N) is 2. The smallest absolute Gasteiger partial charge is 0.433 e. The van der Waals surface area contributed by atoms with Gasteiger partial charge in [0.1, 0.15) is 17.0 Å². The third-order valence-corrected chi connectivity index (χ3v) is 5.35. The number of carbonyl (C=O) groups excluding carboxylic acids is 1. The molecule has 0 unspecified atom stereocenters. The van der Waals surface area contributed by atoms with Crippen LogP contribution in [0.2, 0.25) is 0 Å². The molecule has 0 radical (unpaired) electrons. The summed E-state index contributed by atoms with van der Waals surface area (Å²) in [6.45, 7) is -0.0506. The van der Waals surface area contributed by atoms with Crippen molar-refractivity contribution in [2.45, 2.75) is 44.4 Å². The predicted octanol–water partition coefficient (Wildman–Crippen LogP) is 4.05. The van der Waals surface area contributed by atoms with Gasteiger partial charge in [-0.05, 0) is 37.1 Å². The van der Waals surface area contributed by atoms with Crippen LogP contribution >= 0.6 is 0 Å². The van der Waals surface area contributed by atoms with E-state index in [4.69, 9.17) is 14.9 Å². The van der Waals surface area contributed by atoms with Gasteiger partial charge >= 0.3 is 6.18 Å². The molecule has 2 heterocycles. The van der Waals surface area contributed by atoms with Gasteiger partial charge < -0.3 is 20.2 Å². The molecule has 0 aliphatic heterocycles. The van der Waals surface area contributed by atoms with E-state index in [0.717, 1.165) is 31.7 Å². The Bertz CT molecular complexity index is 1120. The Kier molecular flexibility index (Phi) is 5.57. The highest BCUT2D eigenvalue weighted by Gasteiger charge is 2.33. The lowest BCUT2D eigenvalue weighted by atomic mass is 10.1. The summed E-state index contributed by atoms with van der Waals surface area (Å²) in [5, 5.41) is 3.29. The topological polar surface area (TPSA) is 103 Å². The standard InChI is InChI=1S/C21H21F3N4O3/c1-30-14-8-6-13(12-7-9-16(21(22,23)24)27-17(12)14)20-28-18(15(10-25)31-20)19(29)26-11-4-2-3-5-11/h6-9,11H,2-5,10,25H2,1H3,(H,26,29). The number of hydrogen-bond donors (Lipinski definition) is 2. The molecule has 10 heteroatoms. The molecular weight excluding hydrogens is 413 g/mol. The van der Waals surface area contributed by atoms with E-state index in [0.29, 0.717) is 10.9 Å². The van der Waals surface area contributed by atoms with Crippen molar-refractivity contribution in [3.63, 3.8) is 0 Å². The molecule has 0 spiro atoms. The van der Waals surface area contributed by atoms with Crippen LogP contribution in [0.1, 0.15) is 47.6 Å². The number of fused-ring (bicyclic) bond motifs is 1. The molecular formula is C21H21F3N4O3. The normalized spacial score (nSPS) is 14.9. The van der Waals surface area contributed by atoms with Crippen LogP contribution < -0.4 is 15.8 Å². The fourth-order valence-corrected chi connectivity index (χ4v) is 3.81. The number of halogens is 3. The maximum atomic E-state index is 13.1. The molecule has 4 rings (SSSR count). The third-order valence-electron chi connectivity index (χ3n) is 5.35. The summed E-state index contributed by atoms with van der Waals surface area (Å²) < 4.78 is 50.3. The number of nitrogens with one attached hydrogen (secondary N) is 1. The molecule has 7 nitrogen and oxygen atoms in total. The molecule has 164 valence electrons. The lowest BCUT2D eigenvalue weighted by molar-refractivity contribution is -0.140. The number of ether oxygens (including phenoxy) is 1. The number of pyridine rings is 1. The van der Waals surface area contributed by atoms with Crippen molar-refractivity contribution in [3.8, 4) is 17.2 Å². The van der Waals surface area contributed by atoms with E-state index in [2.05, 4.69) is 15.3 Å². The fraction of sp³-hybridized carbons (Fsp3) is 0.381. The molecule has 1 saturated carbocycles. The summed E-state index contributed by atoms with van der Waals surface area (Å²) in [5.74, 6) is 0.0767. The van der Waals surface area contributed by atoms with Gasteiger partial charge in [-0.2, -0.15) is 13.2 Å². The summed E-state index contributed by atoms with van der Waals surface area (Å²) in [6, 6.07) is 5.33. The minimum Gasteiger partial charge on any atom is -0.494 e. The summed E-state index contributed by atoms with van der Waals surface area (Å²) in [7, 11) is 1.35. The molecule has 2 aromatic heterocycles. The Morgan fingerprint density at radius 2 is 1.97 bits per heavy atom. The second-order valence-corrected chi connectivity index (χ2v) is 7.36. The Hall–Kier alpha value is -3.14. The number of methoxy groups -OCH3 is 1. The number of benzene rings is 1. The predicted molar refractivity (Wildman–Crippen MR) is 106 cm³/mol. The van der Waals surface area contributed by atoms with E-state index in [9.17, 15) is 18.0 Å². The van der Waals surface area contributed by atoms with E-state index >= 15 is 0 Å².